The molecule has 24 heavy (non-hydrogen) atoms. The first kappa shape index (κ1) is 16.2. The number of hydrogen-bond acceptors (Lipinski definition) is 3. The van der Waals surface area contributed by atoms with Gasteiger partial charge in [0.2, 0.25) is 0 Å². The molecular formula is C21H21NO2. The summed E-state index contributed by atoms with van der Waals surface area (Å²) in [6.45, 7) is 4.30. The van der Waals surface area contributed by atoms with Gasteiger partial charge in [0.15, 0.2) is 0 Å². The Morgan fingerprint density at radius 3 is 2.62 bits per heavy atom. The van der Waals surface area contributed by atoms with Gasteiger partial charge in [-0.2, -0.15) is 0 Å². The van der Waals surface area contributed by atoms with Crippen LogP contribution < -0.4 is 0 Å². The third-order valence-corrected chi connectivity index (χ3v) is 4.31. The van der Waals surface area contributed by atoms with Crippen LogP contribution in [0.2, 0.25) is 0 Å². The normalized spacial score (nSPS) is 12.1. The van der Waals surface area contributed by atoms with Crippen LogP contribution in [0.25, 0.3) is 10.9 Å². The topological polar surface area (TPSA) is 39.2 Å². The predicted molar refractivity (Wildman–Crippen MR) is 95.8 cm³/mol. The number of aromatic nitrogens is 1. The van der Waals surface area contributed by atoms with E-state index in [2.05, 4.69) is 18.0 Å². The number of carbonyl (C=O) groups excluding carboxylic acids is 1. The second-order valence-corrected chi connectivity index (χ2v) is 5.88. The molecule has 122 valence electrons. The van der Waals surface area contributed by atoms with Crippen LogP contribution >= 0.6 is 0 Å². The molecule has 1 unspecified atom stereocenters. The zero-order valence-electron chi connectivity index (χ0n) is 14.0. The van der Waals surface area contributed by atoms with Crippen molar-refractivity contribution in [3.05, 3.63) is 77.5 Å². The van der Waals surface area contributed by atoms with Crippen molar-refractivity contribution in [3.63, 3.8) is 0 Å². The second-order valence-electron chi connectivity index (χ2n) is 5.88. The summed E-state index contributed by atoms with van der Waals surface area (Å²) < 4.78 is 5.49. The Balaban J connectivity index is 1.83. The Morgan fingerprint density at radius 2 is 1.88 bits per heavy atom. The van der Waals surface area contributed by atoms with Gasteiger partial charge in [-0.05, 0) is 36.1 Å². The largest absolute Gasteiger partial charge is 0.460 e. The molecule has 0 saturated heterocycles. The molecule has 0 radical (unpaired) electrons. The summed E-state index contributed by atoms with van der Waals surface area (Å²) in [5.41, 5.74) is 4.12. The van der Waals surface area contributed by atoms with Crippen LogP contribution in [0.1, 0.15) is 36.5 Å². The fraction of sp³-hybridized carbons (Fsp3) is 0.238. The van der Waals surface area contributed by atoms with Crippen molar-refractivity contribution in [2.24, 2.45) is 0 Å². The molecule has 0 N–H and O–H groups in total. The minimum Gasteiger partial charge on any atom is -0.460 e. The van der Waals surface area contributed by atoms with Crippen LogP contribution in [0.4, 0.5) is 0 Å². The first-order valence-electron chi connectivity index (χ1n) is 8.27. The minimum atomic E-state index is -0.327. The van der Waals surface area contributed by atoms with Crippen LogP contribution in [0, 0.1) is 0 Å². The van der Waals surface area contributed by atoms with Crippen molar-refractivity contribution in [1.82, 2.24) is 4.98 Å². The summed E-state index contributed by atoms with van der Waals surface area (Å²) in [5, 5.41) is 1.03. The third kappa shape index (κ3) is 3.30. The van der Waals surface area contributed by atoms with E-state index in [1.165, 1.54) is 5.56 Å². The first-order chi connectivity index (χ1) is 11.7. The Morgan fingerprint density at radius 1 is 1.08 bits per heavy atom. The highest BCUT2D eigenvalue weighted by Gasteiger charge is 2.20. The average Bonchev–Trinajstić information content (AvgIpc) is 2.65. The molecule has 0 fully saturated rings. The van der Waals surface area contributed by atoms with E-state index in [0.717, 1.165) is 28.5 Å². The second kappa shape index (κ2) is 7.26. The van der Waals surface area contributed by atoms with Crippen molar-refractivity contribution in [2.45, 2.75) is 32.8 Å². The summed E-state index contributed by atoms with van der Waals surface area (Å²) in [5.74, 6) is -0.542. The van der Waals surface area contributed by atoms with Gasteiger partial charge in [-0.1, -0.05) is 55.5 Å². The van der Waals surface area contributed by atoms with E-state index in [1.54, 1.807) is 6.20 Å². The minimum absolute atomic E-state index is 0.215. The number of nitrogens with zero attached hydrogens (tertiary/aromatic N) is 1. The fourth-order valence-electron chi connectivity index (χ4n) is 2.90. The molecule has 0 amide bonds. The van der Waals surface area contributed by atoms with Crippen LogP contribution in [0.3, 0.4) is 0 Å². The van der Waals surface area contributed by atoms with Crippen LogP contribution in [-0.2, 0) is 22.6 Å². The summed E-state index contributed by atoms with van der Waals surface area (Å²) in [6.07, 6.45) is 2.71. The lowest BCUT2D eigenvalue weighted by Crippen LogP contribution is -2.14. The predicted octanol–water partition coefficient (Wildman–Crippen LogP) is 4.64. The fourth-order valence-corrected chi connectivity index (χ4v) is 2.90. The highest BCUT2D eigenvalue weighted by Crippen LogP contribution is 2.28. The first-order valence-corrected chi connectivity index (χ1v) is 8.27. The van der Waals surface area contributed by atoms with Crippen LogP contribution in [0.15, 0.2) is 60.8 Å². The number of aryl methyl sites for hydroxylation is 1. The lowest BCUT2D eigenvalue weighted by molar-refractivity contribution is -0.146. The van der Waals surface area contributed by atoms with E-state index < -0.39 is 0 Å². The van der Waals surface area contributed by atoms with Crippen LogP contribution in [-0.4, -0.2) is 11.0 Å². The molecule has 0 aliphatic carbocycles. The molecule has 3 nitrogen and oxygen atoms in total. The number of fused-ring (bicyclic) bond motifs is 1. The van der Waals surface area contributed by atoms with Gasteiger partial charge in [-0.25, -0.2) is 0 Å². The smallest absolute Gasteiger partial charge is 0.313 e. The molecule has 1 heterocycles. The quantitative estimate of drug-likeness (QED) is 0.643. The molecule has 0 aliphatic heterocycles. The lowest BCUT2D eigenvalue weighted by Gasteiger charge is -2.15. The van der Waals surface area contributed by atoms with E-state index in [1.807, 2.05) is 55.5 Å². The maximum atomic E-state index is 12.5. The van der Waals surface area contributed by atoms with Gasteiger partial charge in [0, 0.05) is 11.6 Å². The molecule has 1 atom stereocenters. The van der Waals surface area contributed by atoms with Crippen molar-refractivity contribution in [1.29, 1.82) is 0 Å². The Labute approximate surface area is 142 Å². The van der Waals surface area contributed by atoms with Gasteiger partial charge >= 0.3 is 5.97 Å². The van der Waals surface area contributed by atoms with Crippen molar-refractivity contribution in [3.8, 4) is 0 Å². The Kier molecular flexibility index (Phi) is 4.90. The molecule has 0 saturated carbocycles. The lowest BCUT2D eigenvalue weighted by atomic mass is 9.94. The Hall–Kier alpha value is -2.68. The summed E-state index contributed by atoms with van der Waals surface area (Å²) in [7, 11) is 0. The Bertz CT molecular complexity index is 843. The highest BCUT2D eigenvalue weighted by atomic mass is 16.5. The SMILES string of the molecule is CCc1ccc(C(C)C(=O)OCc2ccccc2)c2cccnc12. The number of ether oxygens (including phenoxy) is 1. The number of pyridine rings is 1. The maximum absolute atomic E-state index is 12.5. The monoisotopic (exact) mass is 319 g/mol. The standard InChI is InChI=1S/C21H21NO2/c1-3-17-11-12-18(19-10-7-13-22-20(17)19)15(2)21(23)24-14-16-8-5-4-6-9-16/h4-13,15H,3,14H2,1-2H3. The van der Waals surface area contributed by atoms with E-state index >= 15 is 0 Å². The molecule has 3 aromatic rings. The molecule has 3 heteroatoms. The highest BCUT2D eigenvalue weighted by molar-refractivity contribution is 5.90. The zero-order chi connectivity index (χ0) is 16.9. The van der Waals surface area contributed by atoms with Crippen molar-refractivity contribution in [2.75, 3.05) is 0 Å². The van der Waals surface area contributed by atoms with E-state index in [4.69, 9.17) is 4.74 Å². The van der Waals surface area contributed by atoms with Gasteiger partial charge in [-0.3, -0.25) is 9.78 Å². The molecule has 0 aliphatic rings. The van der Waals surface area contributed by atoms with E-state index in [9.17, 15) is 4.79 Å². The number of carbonyl (C=O) groups is 1. The van der Waals surface area contributed by atoms with E-state index in [0.29, 0.717) is 6.61 Å². The zero-order valence-corrected chi connectivity index (χ0v) is 14.0. The third-order valence-electron chi connectivity index (χ3n) is 4.31. The molecule has 0 spiro atoms. The number of benzene rings is 2. The number of esters is 1. The van der Waals surface area contributed by atoms with Crippen molar-refractivity contribution >= 4 is 16.9 Å². The van der Waals surface area contributed by atoms with Gasteiger partial charge in [0.1, 0.15) is 6.61 Å². The van der Waals surface area contributed by atoms with Crippen molar-refractivity contribution < 1.29 is 9.53 Å². The molecule has 2 aromatic carbocycles. The molecular weight excluding hydrogens is 298 g/mol. The van der Waals surface area contributed by atoms with Gasteiger partial charge in [-0.15, -0.1) is 0 Å². The van der Waals surface area contributed by atoms with E-state index in [-0.39, 0.29) is 11.9 Å². The molecule has 1 aromatic heterocycles. The van der Waals surface area contributed by atoms with Crippen LogP contribution in [0.5, 0.6) is 0 Å². The summed E-state index contributed by atoms with van der Waals surface area (Å²) in [4.78, 5) is 17.0. The van der Waals surface area contributed by atoms with Gasteiger partial charge < -0.3 is 4.74 Å². The summed E-state index contributed by atoms with van der Waals surface area (Å²) in [6, 6.07) is 17.8. The molecule has 3 rings (SSSR count). The maximum Gasteiger partial charge on any atom is 0.313 e. The summed E-state index contributed by atoms with van der Waals surface area (Å²) >= 11 is 0. The molecule has 0 bridgehead atoms. The number of rotatable bonds is 5. The van der Waals surface area contributed by atoms with Gasteiger partial charge in [0.05, 0.1) is 11.4 Å². The number of hydrogen-bond donors (Lipinski definition) is 0. The van der Waals surface area contributed by atoms with Gasteiger partial charge in [0.25, 0.3) is 0 Å². The average molecular weight is 319 g/mol.